The lowest BCUT2D eigenvalue weighted by Crippen LogP contribution is -2.21. The third-order valence-electron chi connectivity index (χ3n) is 4.11. The van der Waals surface area contributed by atoms with Crippen LogP contribution in [0.15, 0.2) is 42.5 Å². The number of benzene rings is 2. The van der Waals surface area contributed by atoms with E-state index < -0.39 is 12.6 Å². The minimum atomic E-state index is -0.626. The summed E-state index contributed by atoms with van der Waals surface area (Å²) in [5.74, 6) is 0.501. The fourth-order valence-electron chi connectivity index (χ4n) is 2.65. The lowest BCUT2D eigenvalue weighted by atomic mass is 9.86. The van der Waals surface area contributed by atoms with Crippen molar-refractivity contribution < 1.29 is 28.5 Å². The molecule has 0 spiro atoms. The van der Waals surface area contributed by atoms with Gasteiger partial charge < -0.3 is 18.9 Å². The summed E-state index contributed by atoms with van der Waals surface area (Å²) in [5, 5.41) is 0. The first-order valence-electron chi connectivity index (χ1n) is 8.89. The third-order valence-corrected chi connectivity index (χ3v) is 4.11. The van der Waals surface area contributed by atoms with E-state index in [1.165, 1.54) is 14.2 Å². The second-order valence-electron chi connectivity index (χ2n) is 7.18. The average molecular weight is 386 g/mol. The van der Waals surface area contributed by atoms with Crippen molar-refractivity contribution in [3.63, 3.8) is 0 Å². The Bertz CT molecular complexity index is 835. The lowest BCUT2D eigenvalue weighted by Gasteiger charge is -2.22. The second-order valence-corrected chi connectivity index (χ2v) is 7.18. The van der Waals surface area contributed by atoms with Gasteiger partial charge in [0.1, 0.15) is 17.2 Å². The molecular formula is C22H26O6. The van der Waals surface area contributed by atoms with Crippen molar-refractivity contribution >= 4 is 11.8 Å². The Morgan fingerprint density at radius 1 is 0.893 bits per heavy atom. The summed E-state index contributed by atoms with van der Waals surface area (Å²) in [5.41, 5.74) is 1.15. The molecule has 0 aliphatic rings. The normalized spacial score (nSPS) is 10.9. The summed E-state index contributed by atoms with van der Waals surface area (Å²) in [4.78, 5) is 24.4. The van der Waals surface area contributed by atoms with Crippen LogP contribution < -0.4 is 14.2 Å². The van der Waals surface area contributed by atoms with Crippen molar-refractivity contribution in [3.8, 4) is 17.2 Å². The lowest BCUT2D eigenvalue weighted by molar-refractivity contribution is -0.144. The summed E-state index contributed by atoms with van der Waals surface area (Å²) < 4.78 is 21.0. The van der Waals surface area contributed by atoms with E-state index in [9.17, 15) is 9.59 Å². The molecule has 0 N–H and O–H groups in total. The van der Waals surface area contributed by atoms with Gasteiger partial charge in [0.2, 0.25) is 5.78 Å². The molecule has 150 valence electrons. The predicted molar refractivity (Wildman–Crippen MR) is 105 cm³/mol. The molecule has 0 radical (unpaired) electrons. The van der Waals surface area contributed by atoms with E-state index in [4.69, 9.17) is 18.9 Å². The Balaban J connectivity index is 1.96. The van der Waals surface area contributed by atoms with Crippen LogP contribution in [0, 0.1) is 0 Å². The van der Waals surface area contributed by atoms with Crippen LogP contribution in [0.2, 0.25) is 0 Å². The zero-order valence-electron chi connectivity index (χ0n) is 16.9. The summed E-state index contributed by atoms with van der Waals surface area (Å²) in [6.45, 7) is 5.50. The van der Waals surface area contributed by atoms with Crippen molar-refractivity contribution in [2.45, 2.75) is 26.2 Å². The fourth-order valence-corrected chi connectivity index (χ4v) is 2.65. The predicted octanol–water partition coefficient (Wildman–Crippen LogP) is 3.81. The van der Waals surface area contributed by atoms with Crippen LogP contribution in [-0.4, -0.2) is 39.2 Å². The maximum Gasteiger partial charge on any atom is 0.344 e. The maximum atomic E-state index is 12.4. The number of rotatable bonds is 8. The summed E-state index contributed by atoms with van der Waals surface area (Å²) >= 11 is 0. The molecule has 0 aromatic heterocycles. The number of methoxy groups -OCH3 is 2. The van der Waals surface area contributed by atoms with Crippen molar-refractivity contribution in [1.82, 2.24) is 0 Å². The minimum Gasteiger partial charge on any atom is -0.497 e. The number of hydrogen-bond donors (Lipinski definition) is 0. The molecule has 0 amide bonds. The number of hydrogen-bond acceptors (Lipinski definition) is 6. The molecule has 0 atom stereocenters. The monoisotopic (exact) mass is 386 g/mol. The number of para-hydroxylation sites is 1. The summed E-state index contributed by atoms with van der Waals surface area (Å²) in [6, 6.07) is 12.4. The minimum absolute atomic E-state index is 0.126. The molecule has 6 nitrogen and oxygen atoms in total. The van der Waals surface area contributed by atoms with Gasteiger partial charge in [0.25, 0.3) is 0 Å². The van der Waals surface area contributed by atoms with Gasteiger partial charge in [-0.15, -0.1) is 0 Å². The Kier molecular flexibility index (Phi) is 7.04. The van der Waals surface area contributed by atoms with Gasteiger partial charge in [0.15, 0.2) is 13.2 Å². The molecule has 0 saturated carbocycles. The molecule has 0 aliphatic carbocycles. The van der Waals surface area contributed by atoms with Crippen molar-refractivity contribution in [3.05, 3.63) is 53.6 Å². The van der Waals surface area contributed by atoms with Crippen molar-refractivity contribution in [2.24, 2.45) is 0 Å². The molecule has 6 heteroatoms. The first-order chi connectivity index (χ1) is 13.3. The van der Waals surface area contributed by atoms with Crippen LogP contribution in [0.1, 0.15) is 36.7 Å². The van der Waals surface area contributed by atoms with Gasteiger partial charge in [-0.05, 0) is 35.2 Å². The molecule has 2 aromatic carbocycles. The molecule has 2 aromatic rings. The van der Waals surface area contributed by atoms with Crippen LogP contribution in [0.3, 0.4) is 0 Å². The Morgan fingerprint density at radius 2 is 1.61 bits per heavy atom. The van der Waals surface area contributed by atoms with E-state index in [1.807, 2.05) is 18.2 Å². The molecule has 0 bridgehead atoms. The molecule has 0 unspecified atom stereocenters. The van der Waals surface area contributed by atoms with Gasteiger partial charge in [-0.3, -0.25) is 4.79 Å². The highest BCUT2D eigenvalue weighted by Crippen LogP contribution is 2.31. The summed E-state index contributed by atoms with van der Waals surface area (Å²) in [7, 11) is 2.97. The van der Waals surface area contributed by atoms with Crippen molar-refractivity contribution in [1.29, 1.82) is 0 Å². The van der Waals surface area contributed by atoms with Crippen molar-refractivity contribution in [2.75, 3.05) is 27.4 Å². The average Bonchev–Trinajstić information content (AvgIpc) is 2.69. The zero-order valence-corrected chi connectivity index (χ0v) is 16.9. The highest BCUT2D eigenvalue weighted by atomic mass is 16.6. The summed E-state index contributed by atoms with van der Waals surface area (Å²) in [6.07, 6.45) is 0. The second kappa shape index (κ2) is 9.26. The molecule has 28 heavy (non-hydrogen) atoms. The Hall–Kier alpha value is -3.02. The van der Waals surface area contributed by atoms with Crippen LogP contribution in [0.4, 0.5) is 0 Å². The van der Waals surface area contributed by atoms with Crippen LogP contribution in [0.5, 0.6) is 17.2 Å². The van der Waals surface area contributed by atoms with Crippen LogP contribution in [-0.2, 0) is 14.9 Å². The molecule has 0 heterocycles. The Labute approximate surface area is 165 Å². The quantitative estimate of drug-likeness (QED) is 0.508. The number of ketones is 1. The smallest absolute Gasteiger partial charge is 0.344 e. The maximum absolute atomic E-state index is 12.4. The van der Waals surface area contributed by atoms with E-state index in [0.717, 1.165) is 5.56 Å². The largest absolute Gasteiger partial charge is 0.497 e. The molecule has 0 aliphatic heterocycles. The first kappa shape index (κ1) is 21.3. The SMILES string of the molecule is COc1ccc(OC)c(C(=O)COC(=O)COc2ccccc2C(C)(C)C)c1. The first-order valence-corrected chi connectivity index (χ1v) is 8.89. The molecule has 2 rings (SSSR count). The van der Waals surface area contributed by atoms with Gasteiger partial charge in [-0.2, -0.15) is 0 Å². The van der Waals surface area contributed by atoms with Gasteiger partial charge in [0, 0.05) is 0 Å². The van der Waals surface area contributed by atoms with E-state index in [-0.39, 0.29) is 23.4 Å². The van der Waals surface area contributed by atoms with Gasteiger partial charge in [-0.25, -0.2) is 4.79 Å². The van der Waals surface area contributed by atoms with Crippen LogP contribution in [0.25, 0.3) is 0 Å². The standard InChI is InChI=1S/C22H26O6/c1-22(2,3)17-8-6-7-9-20(17)27-14-21(24)28-13-18(23)16-12-15(25-4)10-11-19(16)26-5/h6-12H,13-14H2,1-5H3. The van der Waals surface area contributed by atoms with Crippen LogP contribution >= 0.6 is 0 Å². The van der Waals surface area contributed by atoms with E-state index in [0.29, 0.717) is 17.2 Å². The highest BCUT2D eigenvalue weighted by Gasteiger charge is 2.20. The molecule has 0 fully saturated rings. The number of carbonyl (C=O) groups excluding carboxylic acids is 2. The number of Topliss-reactive ketones (excluding diaryl/α,β-unsaturated/α-hetero) is 1. The zero-order chi connectivity index (χ0) is 20.7. The fraction of sp³-hybridized carbons (Fsp3) is 0.364. The van der Waals surface area contributed by atoms with Gasteiger partial charge in [0.05, 0.1) is 19.8 Å². The topological polar surface area (TPSA) is 71.1 Å². The molecule has 0 saturated heterocycles. The van der Waals surface area contributed by atoms with E-state index >= 15 is 0 Å². The van der Waals surface area contributed by atoms with Gasteiger partial charge >= 0.3 is 5.97 Å². The third kappa shape index (κ3) is 5.49. The van der Waals surface area contributed by atoms with E-state index in [1.54, 1.807) is 24.3 Å². The highest BCUT2D eigenvalue weighted by molar-refractivity contribution is 6.00. The number of carbonyl (C=O) groups is 2. The number of esters is 1. The number of ether oxygens (including phenoxy) is 4. The molecular weight excluding hydrogens is 360 g/mol. The van der Waals surface area contributed by atoms with E-state index in [2.05, 4.69) is 20.8 Å². The Morgan fingerprint density at radius 3 is 2.25 bits per heavy atom. The van der Waals surface area contributed by atoms with Gasteiger partial charge in [-0.1, -0.05) is 39.0 Å².